The Hall–Kier alpha value is -2.75. The largest absolute Gasteiger partial charge is 0.509 e. The van der Waals surface area contributed by atoms with E-state index in [4.69, 9.17) is 0 Å². The number of rotatable bonds is 2. The van der Waals surface area contributed by atoms with Crippen molar-refractivity contribution in [3.63, 3.8) is 0 Å². The lowest BCUT2D eigenvalue weighted by Gasteiger charge is -2.28. The van der Waals surface area contributed by atoms with Crippen LogP contribution in [0.3, 0.4) is 0 Å². The molecule has 0 fully saturated rings. The van der Waals surface area contributed by atoms with Gasteiger partial charge in [-0.25, -0.2) is 4.79 Å². The number of carboxylic acid groups (broad SMARTS) is 1. The minimum Gasteiger partial charge on any atom is -0.509 e. The van der Waals surface area contributed by atoms with Gasteiger partial charge in [0.25, 0.3) is 0 Å². The predicted octanol–water partition coefficient (Wildman–Crippen LogP) is 3.21. The number of benzene rings is 2. The molecule has 20 heavy (non-hydrogen) atoms. The topological polar surface area (TPSA) is 69.6 Å². The van der Waals surface area contributed by atoms with Crippen molar-refractivity contribution in [1.82, 2.24) is 0 Å². The van der Waals surface area contributed by atoms with E-state index in [1.807, 2.05) is 36.4 Å². The van der Waals surface area contributed by atoms with Gasteiger partial charge in [-0.3, -0.25) is 0 Å². The number of nitrogens with one attached hydrogen (secondary N) is 1. The molecule has 4 nitrogen and oxygen atoms in total. The van der Waals surface area contributed by atoms with E-state index in [1.54, 1.807) is 18.2 Å². The van der Waals surface area contributed by atoms with Gasteiger partial charge in [0.2, 0.25) is 0 Å². The molecule has 1 aliphatic rings. The summed E-state index contributed by atoms with van der Waals surface area (Å²) in [6, 6.07) is 15.8. The Morgan fingerprint density at radius 3 is 2.35 bits per heavy atom. The van der Waals surface area contributed by atoms with Gasteiger partial charge in [-0.1, -0.05) is 48.5 Å². The van der Waals surface area contributed by atoms with Crippen molar-refractivity contribution >= 4 is 17.2 Å². The number of anilines is 1. The fourth-order valence-corrected chi connectivity index (χ4v) is 2.44. The molecular weight excluding hydrogens is 254 g/mol. The van der Waals surface area contributed by atoms with Crippen LogP contribution in [-0.4, -0.2) is 16.2 Å². The maximum absolute atomic E-state index is 11.5. The van der Waals surface area contributed by atoms with Gasteiger partial charge in [0, 0.05) is 11.3 Å². The molecule has 3 N–H and O–H groups in total. The highest BCUT2D eigenvalue weighted by Gasteiger charge is 2.31. The molecule has 0 aliphatic carbocycles. The second-order valence-electron chi connectivity index (χ2n) is 4.60. The molecule has 100 valence electrons. The van der Waals surface area contributed by atoms with Crippen molar-refractivity contribution in [2.24, 2.45) is 0 Å². The third kappa shape index (κ3) is 1.91. The minimum absolute atomic E-state index is 0.0480. The standard InChI is InChI=1S/C16H13NO3/c18-15-13(16(19)20)11-8-4-5-9-12(11)17-14(15)10-6-2-1-3-7-10/h1-9,14,17-18H,(H,19,20). The van der Waals surface area contributed by atoms with E-state index in [-0.39, 0.29) is 11.3 Å². The van der Waals surface area contributed by atoms with Gasteiger partial charge in [-0.05, 0) is 11.6 Å². The number of aliphatic hydroxyl groups excluding tert-OH is 1. The molecule has 1 heterocycles. The summed E-state index contributed by atoms with van der Waals surface area (Å²) in [6.07, 6.45) is 0. The van der Waals surface area contributed by atoms with Crippen LogP contribution in [0.15, 0.2) is 60.4 Å². The molecule has 0 aromatic heterocycles. The molecular formula is C16H13NO3. The Kier molecular flexibility index (Phi) is 2.91. The van der Waals surface area contributed by atoms with E-state index in [1.165, 1.54) is 0 Å². The van der Waals surface area contributed by atoms with Crippen LogP contribution in [0, 0.1) is 0 Å². The first-order valence-electron chi connectivity index (χ1n) is 6.26. The highest BCUT2D eigenvalue weighted by atomic mass is 16.4. The Morgan fingerprint density at radius 2 is 1.65 bits per heavy atom. The zero-order valence-corrected chi connectivity index (χ0v) is 10.6. The summed E-state index contributed by atoms with van der Waals surface area (Å²) < 4.78 is 0. The molecule has 2 aromatic rings. The Bertz CT molecular complexity index is 692. The Balaban J connectivity index is 2.18. The number of carbonyl (C=O) groups is 1. The van der Waals surface area contributed by atoms with Crippen molar-refractivity contribution < 1.29 is 15.0 Å². The van der Waals surface area contributed by atoms with Gasteiger partial charge in [0.05, 0.1) is 0 Å². The van der Waals surface area contributed by atoms with Crippen LogP contribution in [0.1, 0.15) is 17.2 Å². The highest BCUT2D eigenvalue weighted by molar-refractivity contribution is 6.18. The first-order valence-corrected chi connectivity index (χ1v) is 6.26. The van der Waals surface area contributed by atoms with Crippen LogP contribution < -0.4 is 5.32 Å². The molecule has 0 bridgehead atoms. The monoisotopic (exact) mass is 267 g/mol. The van der Waals surface area contributed by atoms with Crippen molar-refractivity contribution in [3.05, 3.63) is 71.5 Å². The zero-order chi connectivity index (χ0) is 14.1. The highest BCUT2D eigenvalue weighted by Crippen LogP contribution is 2.38. The summed E-state index contributed by atoms with van der Waals surface area (Å²) in [5.74, 6) is -1.29. The summed E-state index contributed by atoms with van der Waals surface area (Å²) >= 11 is 0. The van der Waals surface area contributed by atoms with E-state index in [0.29, 0.717) is 11.3 Å². The first-order chi connectivity index (χ1) is 9.68. The average molecular weight is 267 g/mol. The van der Waals surface area contributed by atoms with Crippen LogP contribution >= 0.6 is 0 Å². The van der Waals surface area contributed by atoms with Crippen molar-refractivity contribution in [3.8, 4) is 0 Å². The maximum atomic E-state index is 11.5. The molecule has 3 rings (SSSR count). The summed E-state index contributed by atoms with van der Waals surface area (Å²) in [5.41, 5.74) is 1.98. The fourth-order valence-electron chi connectivity index (χ4n) is 2.44. The number of hydrogen-bond acceptors (Lipinski definition) is 3. The van der Waals surface area contributed by atoms with Gasteiger partial charge < -0.3 is 15.5 Å². The molecule has 1 atom stereocenters. The summed E-state index contributed by atoms with van der Waals surface area (Å²) in [5, 5.41) is 22.9. The Labute approximate surface area is 116 Å². The van der Waals surface area contributed by atoms with Crippen LogP contribution in [0.4, 0.5) is 5.69 Å². The van der Waals surface area contributed by atoms with Crippen molar-refractivity contribution in [1.29, 1.82) is 0 Å². The van der Waals surface area contributed by atoms with Gasteiger partial charge in [-0.2, -0.15) is 0 Å². The molecule has 4 heteroatoms. The predicted molar refractivity (Wildman–Crippen MR) is 76.4 cm³/mol. The van der Waals surface area contributed by atoms with Gasteiger partial charge >= 0.3 is 5.97 Å². The SMILES string of the molecule is O=C(O)C1=C(O)C(c2ccccc2)Nc2ccccc21. The van der Waals surface area contributed by atoms with Gasteiger partial charge in [-0.15, -0.1) is 0 Å². The van der Waals surface area contributed by atoms with Crippen LogP contribution in [0.2, 0.25) is 0 Å². The first kappa shape index (κ1) is 12.3. The lowest BCUT2D eigenvalue weighted by atomic mass is 9.92. The molecule has 0 spiro atoms. The molecule has 0 saturated carbocycles. The van der Waals surface area contributed by atoms with E-state index < -0.39 is 12.0 Å². The number of fused-ring (bicyclic) bond motifs is 1. The molecule has 0 radical (unpaired) electrons. The summed E-state index contributed by atoms with van der Waals surface area (Å²) in [7, 11) is 0. The van der Waals surface area contributed by atoms with Crippen molar-refractivity contribution in [2.45, 2.75) is 6.04 Å². The van der Waals surface area contributed by atoms with E-state index in [9.17, 15) is 15.0 Å². The minimum atomic E-state index is -1.13. The second kappa shape index (κ2) is 4.74. The normalized spacial score (nSPS) is 17.3. The second-order valence-corrected chi connectivity index (χ2v) is 4.60. The molecule has 0 amide bonds. The number of aliphatic hydroxyl groups is 1. The van der Waals surface area contributed by atoms with Crippen LogP contribution in [-0.2, 0) is 4.79 Å². The van der Waals surface area contributed by atoms with E-state index >= 15 is 0 Å². The van der Waals surface area contributed by atoms with E-state index in [2.05, 4.69) is 5.32 Å². The molecule has 1 aliphatic heterocycles. The van der Waals surface area contributed by atoms with Crippen molar-refractivity contribution in [2.75, 3.05) is 5.32 Å². The zero-order valence-electron chi connectivity index (χ0n) is 10.6. The third-order valence-corrected chi connectivity index (χ3v) is 3.37. The van der Waals surface area contributed by atoms with Gasteiger partial charge in [0.15, 0.2) is 0 Å². The van der Waals surface area contributed by atoms with Crippen LogP contribution in [0.25, 0.3) is 5.57 Å². The Morgan fingerprint density at radius 1 is 1.00 bits per heavy atom. The van der Waals surface area contributed by atoms with E-state index in [0.717, 1.165) is 5.56 Å². The smallest absolute Gasteiger partial charge is 0.339 e. The number of hydrogen-bond donors (Lipinski definition) is 3. The van der Waals surface area contributed by atoms with Gasteiger partial charge in [0.1, 0.15) is 17.4 Å². The average Bonchev–Trinajstić information content (AvgIpc) is 2.47. The fraction of sp³-hybridized carbons (Fsp3) is 0.0625. The molecule has 2 aromatic carbocycles. The number of carboxylic acids is 1. The number of aliphatic carboxylic acids is 1. The number of para-hydroxylation sites is 1. The quantitative estimate of drug-likeness (QED) is 0.781. The summed E-state index contributed by atoms with van der Waals surface area (Å²) in [4.78, 5) is 11.5. The maximum Gasteiger partial charge on any atom is 0.339 e. The third-order valence-electron chi connectivity index (χ3n) is 3.37. The molecule has 1 unspecified atom stereocenters. The lowest BCUT2D eigenvalue weighted by molar-refractivity contribution is -0.130. The van der Waals surface area contributed by atoms with Crippen LogP contribution in [0.5, 0.6) is 0 Å². The summed E-state index contributed by atoms with van der Waals surface area (Å²) in [6.45, 7) is 0. The lowest BCUT2D eigenvalue weighted by Crippen LogP contribution is -2.22. The molecule has 0 saturated heterocycles.